The van der Waals surface area contributed by atoms with E-state index < -0.39 is 48.4 Å². The maximum Gasteiger partial charge on any atom is 0.326 e. The van der Waals surface area contributed by atoms with Crippen LogP contribution in [0.4, 0.5) is 0 Å². The lowest BCUT2D eigenvalue weighted by Gasteiger charge is -2.24. The third-order valence-electron chi connectivity index (χ3n) is 4.59. The molecule has 14 heteroatoms. The smallest absolute Gasteiger partial charge is 0.326 e. The highest BCUT2D eigenvalue weighted by atomic mass is 16.4. The average molecular weight is 468 g/mol. The Bertz CT molecular complexity index is 822. The van der Waals surface area contributed by atoms with Crippen LogP contribution in [0.2, 0.25) is 0 Å². The van der Waals surface area contributed by atoms with Gasteiger partial charge in [-0.25, -0.2) is 9.78 Å². The van der Waals surface area contributed by atoms with Crippen molar-refractivity contribution in [3.8, 4) is 0 Å². The molecule has 14 nitrogen and oxygen atoms in total. The summed E-state index contributed by atoms with van der Waals surface area (Å²) in [6, 6.07) is -3.07. The number of carbonyl (C=O) groups excluding carboxylic acids is 3. The first-order chi connectivity index (χ1) is 15.5. The highest BCUT2D eigenvalue weighted by Crippen LogP contribution is 2.05. The number of nitrogens with two attached hydrogens (primary N) is 3. The molecular formula is C19H33N9O5. The predicted octanol–water partition coefficient (Wildman–Crippen LogP) is -2.84. The Hall–Kier alpha value is -3.68. The lowest BCUT2D eigenvalue weighted by atomic mass is 10.0. The molecule has 1 aromatic heterocycles. The zero-order valence-corrected chi connectivity index (χ0v) is 18.7. The lowest BCUT2D eigenvalue weighted by Crippen LogP contribution is -2.55. The van der Waals surface area contributed by atoms with Gasteiger partial charge in [-0.2, -0.15) is 0 Å². The molecular weight excluding hydrogens is 434 g/mol. The summed E-state index contributed by atoms with van der Waals surface area (Å²) in [4.78, 5) is 58.9. The SMILES string of the molecule is CC(C)C(NC(=O)CNC(=O)C(N)CCCN=C(N)N)C(=O)NC(Cc1cnc[nH]1)C(=O)O. The number of nitrogens with zero attached hydrogens (tertiary/aromatic N) is 2. The van der Waals surface area contributed by atoms with Gasteiger partial charge in [-0.05, 0) is 18.8 Å². The largest absolute Gasteiger partial charge is 0.480 e. The minimum Gasteiger partial charge on any atom is -0.480 e. The van der Waals surface area contributed by atoms with Crippen LogP contribution in [0.5, 0.6) is 0 Å². The Morgan fingerprint density at radius 1 is 1.18 bits per heavy atom. The van der Waals surface area contributed by atoms with E-state index in [4.69, 9.17) is 17.2 Å². The fourth-order valence-corrected chi connectivity index (χ4v) is 2.79. The molecule has 0 saturated heterocycles. The summed E-state index contributed by atoms with van der Waals surface area (Å²) in [7, 11) is 0. The number of aromatic amines is 1. The number of imidazole rings is 1. The minimum atomic E-state index is -1.23. The topological polar surface area (TPSA) is 244 Å². The van der Waals surface area contributed by atoms with E-state index in [1.807, 2.05) is 0 Å². The highest BCUT2D eigenvalue weighted by molar-refractivity contribution is 5.92. The number of aromatic nitrogens is 2. The van der Waals surface area contributed by atoms with Gasteiger partial charge in [0.2, 0.25) is 17.7 Å². The van der Waals surface area contributed by atoms with Crippen LogP contribution in [0.1, 0.15) is 32.4 Å². The summed E-state index contributed by atoms with van der Waals surface area (Å²) in [5.74, 6) is -3.44. The third kappa shape index (κ3) is 10.5. The van der Waals surface area contributed by atoms with Gasteiger partial charge in [-0.15, -0.1) is 0 Å². The van der Waals surface area contributed by atoms with Crippen molar-refractivity contribution in [1.82, 2.24) is 25.9 Å². The molecule has 3 amide bonds. The van der Waals surface area contributed by atoms with Gasteiger partial charge in [-0.1, -0.05) is 13.8 Å². The van der Waals surface area contributed by atoms with Crippen molar-refractivity contribution in [1.29, 1.82) is 0 Å². The van der Waals surface area contributed by atoms with Crippen molar-refractivity contribution in [3.63, 3.8) is 0 Å². The van der Waals surface area contributed by atoms with Crippen LogP contribution in [-0.2, 0) is 25.6 Å². The maximum absolute atomic E-state index is 12.7. The standard InChI is InChI=1S/C19H33N9O5/c1-10(2)15(17(31)27-13(18(32)33)6-11-7-23-9-26-11)28-14(29)8-25-16(30)12(20)4-3-5-24-19(21)22/h7,9-10,12-13,15H,3-6,8,20H2,1-2H3,(H,23,26)(H,25,30)(H,27,31)(H,28,29)(H,32,33)(H4,21,22,24). The van der Waals surface area contributed by atoms with Gasteiger partial charge >= 0.3 is 5.97 Å². The second kappa shape index (κ2) is 13.7. The number of carboxylic acids is 1. The minimum absolute atomic E-state index is 0.00301. The first-order valence-electron chi connectivity index (χ1n) is 10.4. The van der Waals surface area contributed by atoms with Gasteiger partial charge in [0.15, 0.2) is 5.96 Å². The number of aliphatic carboxylic acids is 1. The number of rotatable bonds is 14. The number of hydrogen-bond donors (Lipinski definition) is 8. The molecule has 0 aliphatic rings. The number of guanidine groups is 1. The summed E-state index contributed by atoms with van der Waals surface area (Å²) < 4.78 is 0. The molecule has 1 aromatic rings. The number of carbonyl (C=O) groups is 4. The summed E-state index contributed by atoms with van der Waals surface area (Å²) >= 11 is 0. The Labute approximate surface area is 191 Å². The van der Waals surface area contributed by atoms with Crippen molar-refractivity contribution in [2.45, 2.75) is 51.2 Å². The number of aliphatic imine (C=N–C) groups is 1. The monoisotopic (exact) mass is 467 g/mol. The zero-order valence-electron chi connectivity index (χ0n) is 18.7. The first kappa shape index (κ1) is 27.4. The van der Waals surface area contributed by atoms with Crippen molar-refractivity contribution < 1.29 is 24.3 Å². The Morgan fingerprint density at radius 2 is 1.88 bits per heavy atom. The van der Waals surface area contributed by atoms with Crippen LogP contribution in [0.15, 0.2) is 17.5 Å². The Morgan fingerprint density at radius 3 is 2.42 bits per heavy atom. The Balaban J connectivity index is 2.56. The van der Waals surface area contributed by atoms with Gasteiger partial charge in [0.25, 0.3) is 0 Å². The van der Waals surface area contributed by atoms with E-state index in [1.165, 1.54) is 12.5 Å². The molecule has 0 saturated carbocycles. The van der Waals surface area contributed by atoms with Crippen LogP contribution in [-0.4, -0.2) is 75.9 Å². The van der Waals surface area contributed by atoms with E-state index in [2.05, 4.69) is 30.9 Å². The number of amides is 3. The van der Waals surface area contributed by atoms with Gasteiger partial charge in [0, 0.05) is 24.9 Å². The van der Waals surface area contributed by atoms with E-state index in [9.17, 15) is 24.3 Å². The molecule has 0 spiro atoms. The second-order valence-corrected chi connectivity index (χ2v) is 7.74. The summed E-state index contributed by atoms with van der Waals surface area (Å²) in [6.45, 7) is 3.32. The molecule has 1 rings (SSSR count). The molecule has 184 valence electrons. The first-order valence-corrected chi connectivity index (χ1v) is 10.4. The van der Waals surface area contributed by atoms with Crippen LogP contribution in [0, 0.1) is 5.92 Å². The molecule has 0 radical (unpaired) electrons. The molecule has 0 aliphatic heterocycles. The average Bonchev–Trinajstić information content (AvgIpc) is 3.25. The van der Waals surface area contributed by atoms with E-state index in [0.717, 1.165) is 0 Å². The fraction of sp³-hybridized carbons (Fsp3) is 0.579. The summed E-state index contributed by atoms with van der Waals surface area (Å²) in [6.07, 6.45) is 3.65. The second-order valence-electron chi connectivity index (χ2n) is 7.74. The lowest BCUT2D eigenvalue weighted by molar-refractivity contribution is -0.142. The maximum atomic E-state index is 12.7. The van der Waals surface area contributed by atoms with Crippen molar-refractivity contribution in [3.05, 3.63) is 18.2 Å². The Kier molecular flexibility index (Phi) is 11.3. The third-order valence-corrected chi connectivity index (χ3v) is 4.59. The quantitative estimate of drug-likeness (QED) is 0.0796. The van der Waals surface area contributed by atoms with Crippen LogP contribution < -0.4 is 33.2 Å². The molecule has 0 bridgehead atoms. The summed E-state index contributed by atoms with van der Waals surface area (Å²) in [5.41, 5.74) is 16.7. The van der Waals surface area contributed by atoms with Gasteiger partial charge in [0.05, 0.1) is 18.9 Å². The van der Waals surface area contributed by atoms with Crippen molar-refractivity contribution in [2.24, 2.45) is 28.1 Å². The van der Waals surface area contributed by atoms with E-state index >= 15 is 0 Å². The molecule has 33 heavy (non-hydrogen) atoms. The van der Waals surface area contributed by atoms with Gasteiger partial charge < -0.3 is 43.2 Å². The molecule has 3 unspecified atom stereocenters. The summed E-state index contributed by atoms with van der Waals surface area (Å²) in [5, 5.41) is 16.8. The van der Waals surface area contributed by atoms with Crippen LogP contribution >= 0.6 is 0 Å². The fourth-order valence-electron chi connectivity index (χ4n) is 2.79. The molecule has 0 aliphatic carbocycles. The predicted molar refractivity (Wildman–Crippen MR) is 120 cm³/mol. The molecule has 1 heterocycles. The van der Waals surface area contributed by atoms with Crippen LogP contribution in [0.25, 0.3) is 0 Å². The highest BCUT2D eigenvalue weighted by Gasteiger charge is 2.29. The molecule has 11 N–H and O–H groups in total. The van der Waals surface area contributed by atoms with E-state index in [-0.39, 0.29) is 18.3 Å². The number of carboxylic acid groups (broad SMARTS) is 1. The number of H-pyrrole nitrogens is 1. The van der Waals surface area contributed by atoms with Crippen molar-refractivity contribution in [2.75, 3.05) is 13.1 Å². The van der Waals surface area contributed by atoms with E-state index in [0.29, 0.717) is 25.1 Å². The molecule has 0 aromatic carbocycles. The molecule has 3 atom stereocenters. The normalized spacial score (nSPS) is 13.5. The zero-order chi connectivity index (χ0) is 25.0. The van der Waals surface area contributed by atoms with E-state index in [1.54, 1.807) is 13.8 Å². The van der Waals surface area contributed by atoms with Gasteiger partial charge in [0.1, 0.15) is 12.1 Å². The number of nitrogens with one attached hydrogen (secondary N) is 4. The van der Waals surface area contributed by atoms with Crippen molar-refractivity contribution >= 4 is 29.7 Å². The van der Waals surface area contributed by atoms with Crippen LogP contribution in [0.3, 0.4) is 0 Å². The number of hydrogen-bond acceptors (Lipinski definition) is 7. The van der Waals surface area contributed by atoms with Gasteiger partial charge in [-0.3, -0.25) is 19.4 Å². The molecule has 0 fully saturated rings.